The van der Waals surface area contributed by atoms with E-state index in [9.17, 15) is 21.2 Å². The first kappa shape index (κ1) is 24.3. The van der Waals surface area contributed by atoms with Crippen molar-refractivity contribution in [3.63, 3.8) is 0 Å². The average Bonchev–Trinajstić information content (AvgIpc) is 3.63. The summed E-state index contributed by atoms with van der Waals surface area (Å²) in [6.07, 6.45) is 3.48. The molecule has 2 atom stereocenters. The summed E-state index contributed by atoms with van der Waals surface area (Å²) >= 11 is 0. The van der Waals surface area contributed by atoms with Crippen molar-refractivity contribution in [3.05, 3.63) is 35.9 Å². The number of sulfonamides is 1. The Balaban J connectivity index is 1.34. The van der Waals surface area contributed by atoms with E-state index in [2.05, 4.69) is 15.3 Å². The number of hydrogen-bond donors (Lipinski definition) is 1. The maximum absolute atomic E-state index is 14.6. The Morgan fingerprint density at radius 2 is 1.80 bits per heavy atom. The van der Waals surface area contributed by atoms with Crippen LogP contribution in [0, 0.1) is 24.6 Å². The Bertz CT molecular complexity index is 1340. The van der Waals surface area contributed by atoms with Gasteiger partial charge in [0.15, 0.2) is 9.84 Å². The van der Waals surface area contributed by atoms with E-state index in [0.29, 0.717) is 43.6 Å². The van der Waals surface area contributed by atoms with Crippen LogP contribution < -0.4 is 10.1 Å². The number of benzene rings is 1. The van der Waals surface area contributed by atoms with Crippen molar-refractivity contribution in [1.82, 2.24) is 14.3 Å². The van der Waals surface area contributed by atoms with Gasteiger partial charge in [-0.1, -0.05) is 0 Å². The number of rotatable bonds is 7. The number of hydrogen-bond acceptors (Lipinski definition) is 9. The van der Waals surface area contributed by atoms with Crippen LogP contribution in [0.4, 0.5) is 15.9 Å². The van der Waals surface area contributed by atoms with Crippen LogP contribution in [0.15, 0.2) is 29.4 Å². The number of nitrogens with zero attached hydrogens (tertiary/aromatic N) is 3. The largest absolute Gasteiger partial charge is 0.473 e. The lowest BCUT2D eigenvalue weighted by atomic mass is 9.85. The minimum Gasteiger partial charge on any atom is -0.473 e. The zero-order chi connectivity index (χ0) is 25.0. The van der Waals surface area contributed by atoms with E-state index < -0.39 is 25.7 Å². The van der Waals surface area contributed by atoms with Gasteiger partial charge >= 0.3 is 0 Å². The highest BCUT2D eigenvalue weighted by Gasteiger charge is 2.49. The molecule has 3 aliphatic rings. The molecule has 1 N–H and O–H groups in total. The minimum absolute atomic E-state index is 0.0639. The predicted molar refractivity (Wildman–Crippen MR) is 125 cm³/mol. The fourth-order valence-electron chi connectivity index (χ4n) is 4.60. The smallest absolute Gasteiger partial charge is 0.221 e. The molecule has 2 unspecified atom stereocenters. The number of aromatic nitrogens is 2. The van der Waals surface area contributed by atoms with Gasteiger partial charge in [0.25, 0.3) is 0 Å². The standard InChI is InChI=1S/C22H27FN4O6S2/c1-13-21(26-19-6-5-17(7-18(19)23)34(2,28)29)24-12-25-22(13)33-20-14-8-27(9-15(20)11-32-10-14)35(30,31)16-3-4-16/h5-7,12,14-16,20H,3-4,8-11H2,1-2H3,(H,24,25,26). The van der Waals surface area contributed by atoms with Crippen molar-refractivity contribution in [2.45, 2.75) is 36.0 Å². The molecular formula is C22H27FN4O6S2. The second-order valence-electron chi connectivity index (χ2n) is 9.39. The molecule has 1 aromatic carbocycles. The van der Waals surface area contributed by atoms with E-state index in [1.165, 1.54) is 18.5 Å². The normalized spacial score (nSPS) is 25.3. The van der Waals surface area contributed by atoms with Gasteiger partial charge in [-0.2, -0.15) is 0 Å². The maximum Gasteiger partial charge on any atom is 0.221 e. The fourth-order valence-corrected chi connectivity index (χ4v) is 7.18. The third-order valence-corrected chi connectivity index (χ3v) is 10.1. The van der Waals surface area contributed by atoms with Crippen molar-refractivity contribution in [3.8, 4) is 5.88 Å². The highest BCUT2D eigenvalue weighted by atomic mass is 32.2. The lowest BCUT2D eigenvalue weighted by Crippen LogP contribution is -2.59. The molecule has 0 amide bonds. The van der Waals surface area contributed by atoms with Gasteiger partial charge in [0.05, 0.1) is 34.6 Å². The number of sulfone groups is 1. The molecule has 1 aliphatic carbocycles. The number of halogens is 1. The average molecular weight is 527 g/mol. The third-order valence-electron chi connectivity index (χ3n) is 6.68. The van der Waals surface area contributed by atoms with Crippen LogP contribution in [-0.2, 0) is 24.6 Å². The lowest BCUT2D eigenvalue weighted by Gasteiger charge is -2.45. The number of fused-ring (bicyclic) bond motifs is 2. The Labute approximate surface area is 203 Å². The Morgan fingerprint density at radius 1 is 1.11 bits per heavy atom. The molecule has 0 radical (unpaired) electrons. The Hall–Kier alpha value is -2.35. The van der Waals surface area contributed by atoms with Crippen molar-refractivity contribution < 1.29 is 30.7 Å². The van der Waals surface area contributed by atoms with E-state index in [4.69, 9.17) is 9.47 Å². The van der Waals surface area contributed by atoms with Gasteiger partial charge in [0.1, 0.15) is 24.1 Å². The van der Waals surface area contributed by atoms with Gasteiger partial charge < -0.3 is 14.8 Å². The fraction of sp³-hybridized carbons (Fsp3) is 0.545. The van der Waals surface area contributed by atoms with Crippen molar-refractivity contribution in [2.24, 2.45) is 11.8 Å². The molecule has 2 bridgehead atoms. The third kappa shape index (κ3) is 4.86. The molecule has 1 saturated carbocycles. The van der Waals surface area contributed by atoms with E-state index in [1.54, 1.807) is 11.2 Å². The van der Waals surface area contributed by atoms with Crippen LogP contribution in [0.25, 0.3) is 0 Å². The zero-order valence-electron chi connectivity index (χ0n) is 19.3. The Kier molecular flexibility index (Phi) is 6.22. The van der Waals surface area contributed by atoms with Gasteiger partial charge in [0, 0.05) is 31.2 Å². The quantitative estimate of drug-likeness (QED) is 0.575. The summed E-state index contributed by atoms with van der Waals surface area (Å²) in [6.45, 7) is 3.20. The summed E-state index contributed by atoms with van der Waals surface area (Å²) in [5.41, 5.74) is 0.611. The number of piperidine rings is 1. The van der Waals surface area contributed by atoms with Crippen LogP contribution in [0.2, 0.25) is 0 Å². The molecule has 2 aromatic rings. The molecule has 10 nitrogen and oxygen atoms in total. The molecule has 35 heavy (non-hydrogen) atoms. The summed E-state index contributed by atoms with van der Waals surface area (Å²) in [4.78, 5) is 8.32. The van der Waals surface area contributed by atoms with Crippen LogP contribution in [-0.4, -0.2) is 75.0 Å². The summed E-state index contributed by atoms with van der Waals surface area (Å²) < 4.78 is 77.0. The summed E-state index contributed by atoms with van der Waals surface area (Å²) in [5.74, 6) is -0.373. The molecular weight excluding hydrogens is 499 g/mol. The molecule has 1 aromatic heterocycles. The monoisotopic (exact) mass is 526 g/mol. The lowest BCUT2D eigenvalue weighted by molar-refractivity contribution is -0.0997. The number of nitrogens with one attached hydrogen (secondary N) is 1. The van der Waals surface area contributed by atoms with Gasteiger partial charge in [-0.25, -0.2) is 35.5 Å². The number of ether oxygens (including phenoxy) is 2. The first-order valence-corrected chi connectivity index (χ1v) is 14.7. The molecule has 3 heterocycles. The van der Waals surface area contributed by atoms with Crippen LogP contribution >= 0.6 is 0 Å². The molecule has 13 heteroatoms. The molecule has 5 rings (SSSR count). The maximum atomic E-state index is 14.6. The molecule has 190 valence electrons. The molecule has 2 saturated heterocycles. The van der Waals surface area contributed by atoms with Gasteiger partial charge in [-0.05, 0) is 38.0 Å². The Morgan fingerprint density at radius 3 is 2.40 bits per heavy atom. The summed E-state index contributed by atoms with van der Waals surface area (Å²) in [7, 11) is -6.81. The highest BCUT2D eigenvalue weighted by Crippen LogP contribution is 2.38. The van der Waals surface area contributed by atoms with E-state index in [-0.39, 0.29) is 33.8 Å². The molecule has 3 fully saturated rings. The van der Waals surface area contributed by atoms with Gasteiger partial charge in [-0.3, -0.25) is 0 Å². The van der Waals surface area contributed by atoms with Crippen molar-refractivity contribution >= 4 is 31.4 Å². The predicted octanol–water partition coefficient (Wildman–Crippen LogP) is 1.89. The topological polar surface area (TPSA) is 128 Å². The SMILES string of the molecule is Cc1c(Nc2ccc(S(C)(=O)=O)cc2F)ncnc1OC1C2COCC1CN(S(=O)(=O)C1CC1)C2. The van der Waals surface area contributed by atoms with Gasteiger partial charge in [0.2, 0.25) is 15.9 Å². The minimum atomic E-state index is -3.53. The van der Waals surface area contributed by atoms with E-state index in [0.717, 1.165) is 25.2 Å². The van der Waals surface area contributed by atoms with Crippen LogP contribution in [0.1, 0.15) is 18.4 Å². The van der Waals surface area contributed by atoms with Crippen LogP contribution in [0.5, 0.6) is 5.88 Å². The first-order chi connectivity index (χ1) is 16.5. The summed E-state index contributed by atoms with van der Waals surface area (Å²) in [5, 5.41) is 2.62. The number of anilines is 2. The highest BCUT2D eigenvalue weighted by molar-refractivity contribution is 7.90. The second-order valence-corrected chi connectivity index (χ2v) is 13.6. The van der Waals surface area contributed by atoms with E-state index >= 15 is 0 Å². The second kappa shape index (κ2) is 8.95. The molecule has 0 spiro atoms. The van der Waals surface area contributed by atoms with Gasteiger partial charge in [-0.15, -0.1) is 0 Å². The van der Waals surface area contributed by atoms with E-state index in [1.807, 2.05) is 0 Å². The zero-order valence-corrected chi connectivity index (χ0v) is 21.0. The molecule has 2 aliphatic heterocycles. The van der Waals surface area contributed by atoms with Crippen LogP contribution in [0.3, 0.4) is 0 Å². The van der Waals surface area contributed by atoms with Crippen molar-refractivity contribution in [2.75, 3.05) is 37.9 Å². The first-order valence-electron chi connectivity index (χ1n) is 11.4. The van der Waals surface area contributed by atoms with Crippen molar-refractivity contribution in [1.29, 1.82) is 0 Å². The summed E-state index contributed by atoms with van der Waals surface area (Å²) in [6, 6.07) is 3.61.